The molecule has 4 nitrogen and oxygen atoms in total. The van der Waals surface area contributed by atoms with Gasteiger partial charge < -0.3 is 15.2 Å². The number of hydrogen-bond acceptors (Lipinski definition) is 3. The van der Waals surface area contributed by atoms with Gasteiger partial charge in [0.2, 0.25) is 0 Å². The number of carbonyl (C=O) groups is 1. The number of aliphatic hydroxyl groups excluding tert-OH is 1. The molecule has 1 fully saturated rings. The normalized spacial score (nSPS) is 22.4. The molecular formula is C14H19NO3. The summed E-state index contributed by atoms with van der Waals surface area (Å²) in [7, 11) is 0. The van der Waals surface area contributed by atoms with Crippen LogP contribution in [0.2, 0.25) is 0 Å². The molecular weight excluding hydrogens is 230 g/mol. The van der Waals surface area contributed by atoms with Crippen LogP contribution in [0, 0.1) is 0 Å². The minimum absolute atomic E-state index is 0.0880. The van der Waals surface area contributed by atoms with Gasteiger partial charge in [0.25, 0.3) is 5.91 Å². The van der Waals surface area contributed by atoms with E-state index in [0.717, 1.165) is 0 Å². The van der Waals surface area contributed by atoms with E-state index in [4.69, 9.17) is 4.74 Å². The van der Waals surface area contributed by atoms with Crippen LogP contribution >= 0.6 is 0 Å². The summed E-state index contributed by atoms with van der Waals surface area (Å²) in [5.74, 6) is 0.590. The highest BCUT2D eigenvalue weighted by molar-refractivity contribution is 5.94. The standard InChI is InChI=1S/C14H19NO3/c1-9(2)18-13-5-3-4-10(6-13)14(17)15-11-7-12(16)8-11/h3-6,9,11-12,16H,7-8H2,1-2H3,(H,15,17). The predicted octanol–water partition coefficient (Wildman–Crippen LogP) is 1.73. The van der Waals surface area contributed by atoms with Gasteiger partial charge in [-0.25, -0.2) is 0 Å². The summed E-state index contributed by atoms with van der Waals surface area (Å²) in [5, 5.41) is 12.1. The van der Waals surface area contributed by atoms with E-state index in [0.29, 0.717) is 24.2 Å². The average Bonchev–Trinajstić information content (AvgIpc) is 2.26. The number of rotatable bonds is 4. The molecule has 1 aliphatic rings. The lowest BCUT2D eigenvalue weighted by molar-refractivity contribution is 0.0562. The fourth-order valence-corrected chi connectivity index (χ4v) is 1.96. The van der Waals surface area contributed by atoms with Crippen molar-refractivity contribution in [1.82, 2.24) is 5.32 Å². The lowest BCUT2D eigenvalue weighted by Crippen LogP contribution is -2.46. The van der Waals surface area contributed by atoms with Gasteiger partial charge in [-0.2, -0.15) is 0 Å². The van der Waals surface area contributed by atoms with E-state index in [9.17, 15) is 9.90 Å². The molecule has 0 aliphatic heterocycles. The van der Waals surface area contributed by atoms with E-state index in [1.807, 2.05) is 26.0 Å². The average molecular weight is 249 g/mol. The molecule has 0 saturated heterocycles. The van der Waals surface area contributed by atoms with Gasteiger partial charge >= 0.3 is 0 Å². The molecule has 1 aliphatic carbocycles. The van der Waals surface area contributed by atoms with Crippen molar-refractivity contribution >= 4 is 5.91 Å². The van der Waals surface area contributed by atoms with Gasteiger partial charge in [0.05, 0.1) is 12.2 Å². The molecule has 2 rings (SSSR count). The molecule has 1 aromatic rings. The molecule has 1 amide bonds. The van der Waals surface area contributed by atoms with Gasteiger partial charge in [-0.3, -0.25) is 4.79 Å². The molecule has 2 N–H and O–H groups in total. The van der Waals surface area contributed by atoms with Crippen molar-refractivity contribution in [2.75, 3.05) is 0 Å². The van der Waals surface area contributed by atoms with E-state index in [2.05, 4.69) is 5.32 Å². The van der Waals surface area contributed by atoms with Crippen LogP contribution in [-0.4, -0.2) is 29.3 Å². The monoisotopic (exact) mass is 249 g/mol. The minimum atomic E-state index is -0.258. The summed E-state index contributed by atoms with van der Waals surface area (Å²) >= 11 is 0. The Kier molecular flexibility index (Phi) is 3.87. The smallest absolute Gasteiger partial charge is 0.251 e. The third kappa shape index (κ3) is 3.23. The van der Waals surface area contributed by atoms with E-state index in [1.54, 1.807) is 12.1 Å². The Hall–Kier alpha value is -1.55. The second-order valence-corrected chi connectivity index (χ2v) is 4.99. The van der Waals surface area contributed by atoms with Crippen molar-refractivity contribution in [2.24, 2.45) is 0 Å². The maximum absolute atomic E-state index is 11.9. The number of ether oxygens (including phenoxy) is 1. The maximum Gasteiger partial charge on any atom is 0.251 e. The molecule has 4 heteroatoms. The van der Waals surface area contributed by atoms with Gasteiger partial charge in [-0.1, -0.05) is 6.07 Å². The predicted molar refractivity (Wildman–Crippen MR) is 68.7 cm³/mol. The Morgan fingerprint density at radius 3 is 2.78 bits per heavy atom. The third-order valence-electron chi connectivity index (χ3n) is 2.92. The Morgan fingerprint density at radius 1 is 1.44 bits per heavy atom. The highest BCUT2D eigenvalue weighted by atomic mass is 16.5. The van der Waals surface area contributed by atoms with E-state index < -0.39 is 0 Å². The zero-order valence-corrected chi connectivity index (χ0v) is 10.7. The molecule has 0 spiro atoms. The lowest BCUT2D eigenvalue weighted by atomic mass is 9.89. The molecule has 0 atom stereocenters. The van der Waals surface area contributed by atoms with Crippen LogP contribution in [0.15, 0.2) is 24.3 Å². The van der Waals surface area contributed by atoms with Gasteiger partial charge in [-0.05, 0) is 44.9 Å². The first-order valence-corrected chi connectivity index (χ1v) is 6.30. The zero-order valence-electron chi connectivity index (χ0n) is 10.7. The minimum Gasteiger partial charge on any atom is -0.491 e. The molecule has 1 saturated carbocycles. The molecule has 18 heavy (non-hydrogen) atoms. The van der Waals surface area contributed by atoms with Crippen molar-refractivity contribution in [3.8, 4) is 5.75 Å². The van der Waals surface area contributed by atoms with Crippen LogP contribution in [-0.2, 0) is 0 Å². The van der Waals surface area contributed by atoms with Crippen molar-refractivity contribution < 1.29 is 14.6 Å². The van der Waals surface area contributed by atoms with Crippen LogP contribution in [0.5, 0.6) is 5.75 Å². The topological polar surface area (TPSA) is 58.6 Å². The molecule has 1 aromatic carbocycles. The third-order valence-corrected chi connectivity index (χ3v) is 2.92. The van der Waals surface area contributed by atoms with E-state index >= 15 is 0 Å². The summed E-state index contributed by atoms with van der Waals surface area (Å²) in [4.78, 5) is 11.9. The Bertz CT molecular complexity index is 425. The number of carbonyl (C=O) groups excluding carboxylic acids is 1. The highest BCUT2D eigenvalue weighted by Crippen LogP contribution is 2.20. The fourth-order valence-electron chi connectivity index (χ4n) is 1.96. The first-order chi connectivity index (χ1) is 8.54. The molecule has 0 unspecified atom stereocenters. The van der Waals surface area contributed by atoms with Crippen molar-refractivity contribution in [3.63, 3.8) is 0 Å². The van der Waals surface area contributed by atoms with Crippen LogP contribution < -0.4 is 10.1 Å². The van der Waals surface area contributed by atoms with Gasteiger partial charge in [0.15, 0.2) is 0 Å². The summed E-state index contributed by atoms with van der Waals surface area (Å²) in [6.45, 7) is 3.89. The Labute approximate surface area is 107 Å². The second-order valence-electron chi connectivity index (χ2n) is 4.99. The van der Waals surface area contributed by atoms with Crippen molar-refractivity contribution in [3.05, 3.63) is 29.8 Å². The number of amides is 1. The van der Waals surface area contributed by atoms with Gasteiger partial charge in [0.1, 0.15) is 5.75 Å². The van der Waals surface area contributed by atoms with E-state index in [1.165, 1.54) is 0 Å². The van der Waals surface area contributed by atoms with Crippen LogP contribution in [0.4, 0.5) is 0 Å². The second kappa shape index (κ2) is 5.40. The number of aliphatic hydroxyl groups is 1. The van der Waals surface area contributed by atoms with E-state index in [-0.39, 0.29) is 24.2 Å². The molecule has 0 bridgehead atoms. The summed E-state index contributed by atoms with van der Waals surface area (Å²) in [6, 6.07) is 7.25. The zero-order chi connectivity index (χ0) is 13.1. The quantitative estimate of drug-likeness (QED) is 0.854. The number of nitrogens with one attached hydrogen (secondary N) is 1. The van der Waals surface area contributed by atoms with Crippen molar-refractivity contribution in [1.29, 1.82) is 0 Å². The first kappa shape index (κ1) is 12.9. The largest absolute Gasteiger partial charge is 0.491 e. The Balaban J connectivity index is 1.97. The van der Waals surface area contributed by atoms with Gasteiger partial charge in [0, 0.05) is 11.6 Å². The summed E-state index contributed by atoms with van der Waals surface area (Å²) < 4.78 is 5.55. The van der Waals surface area contributed by atoms with Crippen LogP contribution in [0.1, 0.15) is 37.0 Å². The number of hydrogen-bond donors (Lipinski definition) is 2. The van der Waals surface area contributed by atoms with Gasteiger partial charge in [-0.15, -0.1) is 0 Å². The molecule has 0 heterocycles. The van der Waals surface area contributed by atoms with Crippen LogP contribution in [0.3, 0.4) is 0 Å². The molecule has 0 aromatic heterocycles. The SMILES string of the molecule is CC(C)Oc1cccc(C(=O)NC2CC(O)C2)c1. The Morgan fingerprint density at radius 2 is 2.17 bits per heavy atom. The lowest BCUT2D eigenvalue weighted by Gasteiger charge is -2.31. The molecule has 0 radical (unpaired) electrons. The summed E-state index contributed by atoms with van der Waals surface area (Å²) in [5.41, 5.74) is 0.592. The fraction of sp³-hybridized carbons (Fsp3) is 0.500. The van der Waals surface area contributed by atoms with Crippen LogP contribution in [0.25, 0.3) is 0 Å². The highest BCUT2D eigenvalue weighted by Gasteiger charge is 2.28. The summed E-state index contributed by atoms with van der Waals surface area (Å²) in [6.07, 6.45) is 1.12. The molecule has 98 valence electrons. The number of benzene rings is 1. The van der Waals surface area contributed by atoms with Crippen molar-refractivity contribution in [2.45, 2.75) is 44.9 Å². The maximum atomic E-state index is 11.9. The first-order valence-electron chi connectivity index (χ1n) is 6.30.